The number of carbonyl (C=O) groups excluding carboxylic acids is 1. The molecule has 1 aromatic carbocycles. The number of rotatable bonds is 2. The molecule has 3 nitrogen and oxygen atoms in total. The zero-order valence-corrected chi connectivity index (χ0v) is 12.7. The molecule has 1 aromatic rings. The highest BCUT2D eigenvalue weighted by Gasteiger charge is 2.33. The number of benzene rings is 1. The van der Waals surface area contributed by atoms with Crippen LogP contribution in [0.5, 0.6) is 0 Å². The van der Waals surface area contributed by atoms with E-state index in [-0.39, 0.29) is 10.0 Å². The molecule has 0 radical (unpaired) electrons. The maximum atomic E-state index is 12.7. The van der Waals surface area contributed by atoms with Crippen molar-refractivity contribution in [2.24, 2.45) is 0 Å². The lowest BCUT2D eigenvalue weighted by molar-refractivity contribution is -0.165. The molecule has 1 unspecified atom stereocenters. The van der Waals surface area contributed by atoms with Crippen LogP contribution in [-0.2, 0) is 15.7 Å². The van der Waals surface area contributed by atoms with Crippen LogP contribution >= 0.6 is 15.9 Å². The topological polar surface area (TPSA) is 46.5 Å². The van der Waals surface area contributed by atoms with Crippen molar-refractivity contribution in [1.29, 1.82) is 0 Å². The Kier molecular flexibility index (Phi) is 4.86. The summed E-state index contributed by atoms with van der Waals surface area (Å²) >= 11 is 2.92. The van der Waals surface area contributed by atoms with Crippen molar-refractivity contribution in [2.45, 2.75) is 38.7 Å². The number of ether oxygens (including phenoxy) is 1. The van der Waals surface area contributed by atoms with Crippen molar-refractivity contribution in [3.8, 4) is 0 Å². The number of aliphatic hydroxyl groups is 1. The molecule has 0 saturated heterocycles. The van der Waals surface area contributed by atoms with E-state index >= 15 is 0 Å². The molecule has 0 spiro atoms. The number of carbonyl (C=O) groups is 1. The minimum absolute atomic E-state index is 0.116. The van der Waals surface area contributed by atoms with Crippen molar-refractivity contribution in [1.82, 2.24) is 0 Å². The van der Waals surface area contributed by atoms with E-state index in [1.807, 2.05) is 0 Å². The molecule has 1 atom stereocenters. The standard InChI is InChI=1S/C13H14BrF3O3/c1-12(2,3)20-11(19)10(18)7-4-8(13(15,16)17)6-9(14)5-7/h4-6,10,18H,1-3H3. The van der Waals surface area contributed by atoms with Gasteiger partial charge in [0.15, 0.2) is 6.10 Å². The van der Waals surface area contributed by atoms with Crippen LogP contribution in [0.4, 0.5) is 13.2 Å². The van der Waals surface area contributed by atoms with E-state index in [1.165, 1.54) is 6.07 Å². The second-order valence-electron chi connectivity index (χ2n) is 5.21. The van der Waals surface area contributed by atoms with E-state index in [0.717, 1.165) is 12.1 Å². The van der Waals surface area contributed by atoms with Crippen LogP contribution in [0.25, 0.3) is 0 Å². The summed E-state index contributed by atoms with van der Waals surface area (Å²) in [6.07, 6.45) is -6.33. The highest BCUT2D eigenvalue weighted by molar-refractivity contribution is 9.10. The molecule has 0 saturated carbocycles. The van der Waals surface area contributed by atoms with E-state index < -0.39 is 29.4 Å². The lowest BCUT2D eigenvalue weighted by atomic mass is 10.1. The largest absolute Gasteiger partial charge is 0.458 e. The van der Waals surface area contributed by atoms with Gasteiger partial charge in [-0.05, 0) is 44.5 Å². The Morgan fingerprint density at radius 2 is 1.80 bits per heavy atom. The SMILES string of the molecule is CC(C)(C)OC(=O)C(O)c1cc(Br)cc(C(F)(F)F)c1. The Morgan fingerprint density at radius 3 is 2.25 bits per heavy atom. The molecule has 0 aliphatic carbocycles. The Morgan fingerprint density at radius 1 is 1.25 bits per heavy atom. The normalized spacial score (nSPS) is 14.0. The molecule has 20 heavy (non-hydrogen) atoms. The summed E-state index contributed by atoms with van der Waals surface area (Å²) in [5.41, 5.74) is -1.97. The molecule has 0 aromatic heterocycles. The summed E-state index contributed by atoms with van der Waals surface area (Å²) < 4.78 is 43.0. The van der Waals surface area contributed by atoms with E-state index in [4.69, 9.17) is 4.74 Å². The minimum Gasteiger partial charge on any atom is -0.458 e. The van der Waals surface area contributed by atoms with Crippen LogP contribution in [0, 0.1) is 0 Å². The lowest BCUT2D eigenvalue weighted by Crippen LogP contribution is -2.27. The monoisotopic (exact) mass is 354 g/mol. The fourth-order valence-electron chi connectivity index (χ4n) is 1.43. The number of halogens is 4. The number of hydrogen-bond donors (Lipinski definition) is 1. The molecule has 1 rings (SSSR count). The zero-order valence-electron chi connectivity index (χ0n) is 11.1. The quantitative estimate of drug-likeness (QED) is 0.820. The van der Waals surface area contributed by atoms with Gasteiger partial charge in [-0.2, -0.15) is 13.2 Å². The third-order valence-corrected chi connectivity index (χ3v) is 2.65. The molecule has 112 valence electrons. The first kappa shape index (κ1) is 17.0. The van der Waals surface area contributed by atoms with Crippen LogP contribution in [-0.4, -0.2) is 16.7 Å². The van der Waals surface area contributed by atoms with E-state index in [1.54, 1.807) is 20.8 Å². The first-order valence-electron chi connectivity index (χ1n) is 5.69. The number of hydrogen-bond acceptors (Lipinski definition) is 3. The Bertz CT molecular complexity index is 507. The molecule has 0 aliphatic heterocycles. The van der Waals surface area contributed by atoms with Gasteiger partial charge in [-0.15, -0.1) is 0 Å². The number of alkyl halides is 3. The zero-order chi connectivity index (χ0) is 15.7. The Labute approximate surface area is 122 Å². The van der Waals surface area contributed by atoms with Crippen molar-refractivity contribution in [3.63, 3.8) is 0 Å². The van der Waals surface area contributed by atoms with E-state index in [9.17, 15) is 23.1 Å². The molecular formula is C13H14BrF3O3. The predicted octanol–water partition coefficient (Wildman–Crippen LogP) is 3.84. The number of aliphatic hydroxyl groups excluding tert-OH is 1. The second-order valence-corrected chi connectivity index (χ2v) is 6.12. The van der Waals surface area contributed by atoms with Gasteiger partial charge >= 0.3 is 12.1 Å². The number of esters is 1. The molecular weight excluding hydrogens is 341 g/mol. The summed E-state index contributed by atoms with van der Waals surface area (Å²) in [4.78, 5) is 11.7. The Balaban J connectivity index is 3.08. The molecule has 0 fully saturated rings. The Hall–Kier alpha value is -1.08. The van der Waals surface area contributed by atoms with Crippen LogP contribution < -0.4 is 0 Å². The minimum atomic E-state index is -4.56. The van der Waals surface area contributed by atoms with Gasteiger partial charge in [-0.3, -0.25) is 0 Å². The smallest absolute Gasteiger partial charge is 0.416 e. The van der Waals surface area contributed by atoms with Crippen molar-refractivity contribution in [3.05, 3.63) is 33.8 Å². The van der Waals surface area contributed by atoms with Crippen LogP contribution in [0.2, 0.25) is 0 Å². The van der Waals surface area contributed by atoms with Gasteiger partial charge in [0.25, 0.3) is 0 Å². The molecule has 0 heterocycles. The summed E-state index contributed by atoms with van der Waals surface area (Å²) in [6.45, 7) is 4.79. The molecule has 0 bridgehead atoms. The van der Waals surface area contributed by atoms with E-state index in [0.29, 0.717) is 0 Å². The highest BCUT2D eigenvalue weighted by atomic mass is 79.9. The maximum Gasteiger partial charge on any atom is 0.416 e. The van der Waals surface area contributed by atoms with Gasteiger partial charge in [-0.1, -0.05) is 15.9 Å². The van der Waals surface area contributed by atoms with Crippen LogP contribution in [0.15, 0.2) is 22.7 Å². The third kappa shape index (κ3) is 4.79. The van der Waals surface area contributed by atoms with Gasteiger partial charge in [0.1, 0.15) is 5.60 Å². The predicted molar refractivity (Wildman–Crippen MR) is 69.9 cm³/mol. The van der Waals surface area contributed by atoms with Crippen molar-refractivity contribution < 1.29 is 27.8 Å². The third-order valence-electron chi connectivity index (χ3n) is 2.19. The lowest BCUT2D eigenvalue weighted by Gasteiger charge is -2.22. The van der Waals surface area contributed by atoms with Crippen molar-refractivity contribution in [2.75, 3.05) is 0 Å². The van der Waals surface area contributed by atoms with E-state index in [2.05, 4.69) is 15.9 Å². The van der Waals surface area contributed by atoms with Crippen molar-refractivity contribution >= 4 is 21.9 Å². The second kappa shape index (κ2) is 5.73. The fourth-order valence-corrected chi connectivity index (χ4v) is 1.94. The van der Waals surface area contributed by atoms with Gasteiger partial charge in [-0.25, -0.2) is 4.79 Å². The summed E-state index contributed by atoms with van der Waals surface area (Å²) in [7, 11) is 0. The van der Waals surface area contributed by atoms with Crippen LogP contribution in [0.3, 0.4) is 0 Å². The summed E-state index contributed by atoms with van der Waals surface area (Å²) in [6, 6.07) is 2.83. The fraction of sp³-hybridized carbons (Fsp3) is 0.462. The maximum absolute atomic E-state index is 12.7. The average Bonchev–Trinajstić information content (AvgIpc) is 2.23. The van der Waals surface area contributed by atoms with Gasteiger partial charge < -0.3 is 9.84 Å². The van der Waals surface area contributed by atoms with Crippen LogP contribution in [0.1, 0.15) is 38.0 Å². The molecule has 0 aliphatic rings. The first-order chi connectivity index (χ1) is 8.90. The summed E-state index contributed by atoms with van der Waals surface area (Å²) in [5, 5.41) is 9.80. The van der Waals surface area contributed by atoms with Gasteiger partial charge in [0.2, 0.25) is 0 Å². The molecule has 0 amide bonds. The average molecular weight is 355 g/mol. The molecule has 1 N–H and O–H groups in total. The molecule has 7 heteroatoms. The first-order valence-corrected chi connectivity index (χ1v) is 6.48. The summed E-state index contributed by atoms with van der Waals surface area (Å²) in [5.74, 6) is -0.997. The van der Waals surface area contributed by atoms with Gasteiger partial charge in [0.05, 0.1) is 5.56 Å². The van der Waals surface area contributed by atoms with Gasteiger partial charge in [0, 0.05) is 4.47 Å². The highest BCUT2D eigenvalue weighted by Crippen LogP contribution is 2.33.